The van der Waals surface area contributed by atoms with Gasteiger partial charge in [-0.1, -0.05) is 81.4 Å². The summed E-state index contributed by atoms with van der Waals surface area (Å²) in [5.41, 5.74) is 0. The molecule has 1 heterocycles. The molecule has 4 rings (SSSR count). The molecule has 0 aromatic heterocycles. The summed E-state index contributed by atoms with van der Waals surface area (Å²) in [7, 11) is -2.74. The van der Waals surface area contributed by atoms with Crippen LogP contribution in [0.25, 0.3) is 0 Å². The fourth-order valence-electron chi connectivity index (χ4n) is 6.02. The molecule has 2 fully saturated rings. The van der Waals surface area contributed by atoms with E-state index in [9.17, 15) is 4.79 Å². The average molecular weight is 544 g/mol. The Morgan fingerprint density at radius 3 is 1.95 bits per heavy atom. The molecule has 5 atom stereocenters. The van der Waals surface area contributed by atoms with Crippen LogP contribution in [0.15, 0.2) is 60.7 Å². The van der Waals surface area contributed by atoms with E-state index in [1.807, 2.05) is 44.7 Å². The third-order valence-electron chi connectivity index (χ3n) is 7.83. The van der Waals surface area contributed by atoms with Crippen molar-refractivity contribution in [3.8, 4) is 0 Å². The molecule has 1 aliphatic heterocycles. The molecule has 0 radical (unpaired) electrons. The highest BCUT2D eigenvalue weighted by molar-refractivity contribution is 6.99. The quantitative estimate of drug-likeness (QED) is 0.336. The summed E-state index contributed by atoms with van der Waals surface area (Å²) in [6.45, 7) is 16.4. The van der Waals surface area contributed by atoms with Crippen LogP contribution in [0.2, 0.25) is 5.04 Å². The van der Waals surface area contributed by atoms with E-state index in [4.69, 9.17) is 25.5 Å². The summed E-state index contributed by atoms with van der Waals surface area (Å²) in [5, 5.41) is 2.04. The lowest BCUT2D eigenvalue weighted by Gasteiger charge is -2.43. The lowest BCUT2D eigenvalue weighted by molar-refractivity contribution is -0.151. The minimum Gasteiger partial charge on any atom is -0.405 e. The number of carbonyl (C=O) groups excluding carboxylic acids is 1. The number of ether oxygens (including phenoxy) is 2. The summed E-state index contributed by atoms with van der Waals surface area (Å²) in [6, 6.07) is 21.2. The van der Waals surface area contributed by atoms with Gasteiger partial charge in [0.2, 0.25) is 5.91 Å². The van der Waals surface area contributed by atoms with Crippen LogP contribution >= 0.6 is 11.6 Å². The fraction of sp³-hybridized carbons (Fsp3) is 0.567. The minimum atomic E-state index is -2.74. The van der Waals surface area contributed by atoms with Crippen molar-refractivity contribution in [1.82, 2.24) is 4.90 Å². The van der Waals surface area contributed by atoms with Crippen molar-refractivity contribution >= 4 is 36.2 Å². The molecule has 7 heteroatoms. The second-order valence-electron chi connectivity index (χ2n) is 11.7. The van der Waals surface area contributed by atoms with E-state index in [1.54, 1.807) is 0 Å². The smallest absolute Gasteiger partial charge is 0.261 e. The lowest BCUT2D eigenvalue weighted by atomic mass is 10.1. The normalized spacial score (nSPS) is 27.2. The van der Waals surface area contributed by atoms with Gasteiger partial charge in [0.05, 0.1) is 24.0 Å². The van der Waals surface area contributed by atoms with Crippen molar-refractivity contribution in [3.05, 3.63) is 60.7 Å². The molecule has 1 amide bonds. The van der Waals surface area contributed by atoms with Gasteiger partial charge in [0.25, 0.3) is 8.32 Å². The van der Waals surface area contributed by atoms with Crippen molar-refractivity contribution < 1.29 is 18.7 Å². The van der Waals surface area contributed by atoms with Crippen molar-refractivity contribution in [2.75, 3.05) is 19.7 Å². The summed E-state index contributed by atoms with van der Waals surface area (Å²) < 4.78 is 20.0. The summed E-state index contributed by atoms with van der Waals surface area (Å²) in [6.07, 6.45) is -0.627. The van der Waals surface area contributed by atoms with E-state index in [0.29, 0.717) is 19.7 Å². The van der Waals surface area contributed by atoms with E-state index in [0.717, 1.165) is 0 Å². The maximum atomic E-state index is 13.2. The Hall–Kier alpha value is -1.70. The molecule has 0 unspecified atom stereocenters. The third kappa shape index (κ3) is 5.41. The maximum Gasteiger partial charge on any atom is 0.261 e. The first kappa shape index (κ1) is 28.3. The largest absolute Gasteiger partial charge is 0.405 e. The Morgan fingerprint density at radius 1 is 0.973 bits per heavy atom. The van der Waals surface area contributed by atoms with Gasteiger partial charge in [0.15, 0.2) is 5.79 Å². The van der Waals surface area contributed by atoms with E-state index in [2.05, 4.69) is 69.3 Å². The molecule has 1 saturated carbocycles. The molecule has 1 aliphatic carbocycles. The van der Waals surface area contributed by atoms with E-state index < -0.39 is 14.1 Å². The number of nitrogens with zero attached hydrogens (tertiary/aromatic N) is 1. The summed E-state index contributed by atoms with van der Waals surface area (Å²) in [5.74, 6) is -1.01. The molecule has 2 aromatic carbocycles. The van der Waals surface area contributed by atoms with Gasteiger partial charge in [-0.3, -0.25) is 4.79 Å². The highest BCUT2D eigenvalue weighted by atomic mass is 35.5. The van der Waals surface area contributed by atoms with Gasteiger partial charge in [-0.05, 0) is 43.1 Å². The first-order valence-electron chi connectivity index (χ1n) is 13.5. The predicted molar refractivity (Wildman–Crippen MR) is 152 cm³/mol. The Morgan fingerprint density at radius 2 is 1.49 bits per heavy atom. The molecule has 0 N–H and O–H groups in total. The van der Waals surface area contributed by atoms with E-state index in [1.165, 1.54) is 10.4 Å². The summed E-state index contributed by atoms with van der Waals surface area (Å²) in [4.78, 5) is 15.0. The molecular formula is C30H42ClNO4Si. The van der Waals surface area contributed by atoms with Crippen LogP contribution in [-0.2, 0) is 18.7 Å². The molecule has 2 aliphatic rings. The number of carbonyl (C=O) groups is 1. The third-order valence-corrected chi connectivity index (χ3v) is 13.4. The molecular weight excluding hydrogens is 502 g/mol. The molecule has 0 spiro atoms. The van der Waals surface area contributed by atoms with Gasteiger partial charge in [-0.25, -0.2) is 0 Å². The fourth-order valence-corrected chi connectivity index (χ4v) is 11.1. The predicted octanol–water partition coefficient (Wildman–Crippen LogP) is 4.80. The maximum absolute atomic E-state index is 13.2. The molecule has 2 aromatic rings. The van der Waals surface area contributed by atoms with E-state index in [-0.39, 0.29) is 40.4 Å². The second-order valence-corrected chi connectivity index (χ2v) is 16.5. The van der Waals surface area contributed by atoms with Crippen LogP contribution in [0, 0.1) is 11.8 Å². The van der Waals surface area contributed by atoms with Gasteiger partial charge in [0, 0.05) is 19.0 Å². The Kier molecular flexibility index (Phi) is 8.27. The van der Waals surface area contributed by atoms with Gasteiger partial charge in [0.1, 0.15) is 6.10 Å². The Bertz CT molecular complexity index is 1010. The number of rotatable bonds is 9. The Balaban J connectivity index is 1.65. The van der Waals surface area contributed by atoms with Crippen molar-refractivity contribution in [3.63, 3.8) is 0 Å². The number of benzene rings is 2. The molecule has 37 heavy (non-hydrogen) atoms. The van der Waals surface area contributed by atoms with Crippen LogP contribution in [-0.4, -0.2) is 62.2 Å². The van der Waals surface area contributed by atoms with Gasteiger partial charge < -0.3 is 18.8 Å². The molecule has 5 nitrogen and oxygen atoms in total. The minimum absolute atomic E-state index is 0.0932. The number of alkyl halides is 1. The van der Waals surface area contributed by atoms with Crippen molar-refractivity contribution in [2.24, 2.45) is 11.8 Å². The molecule has 202 valence electrons. The van der Waals surface area contributed by atoms with Crippen LogP contribution in [0.1, 0.15) is 48.5 Å². The van der Waals surface area contributed by atoms with Gasteiger partial charge >= 0.3 is 0 Å². The Labute approximate surface area is 228 Å². The zero-order valence-electron chi connectivity index (χ0n) is 23.2. The van der Waals surface area contributed by atoms with Gasteiger partial charge in [-0.15, -0.1) is 11.6 Å². The van der Waals surface area contributed by atoms with Crippen molar-refractivity contribution in [1.29, 1.82) is 0 Å². The monoisotopic (exact) mass is 543 g/mol. The summed E-state index contributed by atoms with van der Waals surface area (Å²) >= 11 is 6.75. The number of hydrogen-bond acceptors (Lipinski definition) is 4. The lowest BCUT2D eigenvalue weighted by Crippen LogP contribution is -2.67. The second kappa shape index (κ2) is 10.8. The highest BCUT2D eigenvalue weighted by Gasteiger charge is 2.64. The number of amides is 1. The SMILES string of the molecule is CCN(CC)C(=O)[C@H]1[C@H](Cl)[C@H]1[C@H]1OC(C)(C)O[C@@H]1CO[Si](c1ccccc1)(c1ccccc1)C(C)(C)C. The zero-order chi connectivity index (χ0) is 27.0. The van der Waals surface area contributed by atoms with Crippen LogP contribution in [0.3, 0.4) is 0 Å². The van der Waals surface area contributed by atoms with Crippen molar-refractivity contribution in [2.45, 2.75) is 76.9 Å². The average Bonchev–Trinajstić information content (AvgIpc) is 3.43. The first-order valence-corrected chi connectivity index (χ1v) is 15.8. The number of hydrogen-bond donors (Lipinski definition) is 0. The molecule has 1 saturated heterocycles. The van der Waals surface area contributed by atoms with E-state index >= 15 is 0 Å². The van der Waals surface area contributed by atoms with Crippen LogP contribution in [0.4, 0.5) is 0 Å². The standard InChI is InChI=1S/C30H42ClNO4Si/c1-8-32(9-2)28(33)25-24(26(25)31)27-23(35-30(6,7)36-27)20-34-37(29(3,4)5,21-16-12-10-13-17-21)22-18-14-11-15-19-22/h10-19,23-27H,8-9,20H2,1-7H3/t23-,24+,25-,26-,27+/m1/s1. The highest BCUT2D eigenvalue weighted by Crippen LogP contribution is 2.52. The number of halogens is 1. The topological polar surface area (TPSA) is 48.0 Å². The van der Waals surface area contributed by atoms with Gasteiger partial charge in [-0.2, -0.15) is 0 Å². The zero-order valence-corrected chi connectivity index (χ0v) is 25.0. The first-order chi connectivity index (χ1) is 17.5. The van der Waals surface area contributed by atoms with Crippen LogP contribution in [0.5, 0.6) is 0 Å². The van der Waals surface area contributed by atoms with Crippen LogP contribution < -0.4 is 10.4 Å². The molecule has 0 bridgehead atoms.